The molecule has 0 spiro atoms. The van der Waals surface area contributed by atoms with Crippen molar-refractivity contribution in [3.8, 4) is 0 Å². The van der Waals surface area contributed by atoms with E-state index in [1.807, 2.05) is 14.0 Å². The van der Waals surface area contributed by atoms with E-state index in [9.17, 15) is 0 Å². The highest BCUT2D eigenvalue weighted by atomic mass is 127. The number of hydrogen-bond donors (Lipinski definition) is 1. The second-order valence-corrected chi connectivity index (χ2v) is 7.31. The zero-order valence-electron chi connectivity index (χ0n) is 13.5. The zero-order chi connectivity index (χ0) is 15.5. The lowest BCUT2D eigenvalue weighted by Crippen LogP contribution is -2.25. The fourth-order valence-corrected chi connectivity index (χ4v) is 3.16. The van der Waals surface area contributed by atoms with Crippen molar-refractivity contribution in [2.24, 2.45) is 5.41 Å². The largest absolute Gasteiger partial charge is 0.372 e. The molecule has 1 unspecified atom stereocenters. The van der Waals surface area contributed by atoms with E-state index < -0.39 is 0 Å². The molecule has 0 fully saturated rings. The van der Waals surface area contributed by atoms with Crippen molar-refractivity contribution < 1.29 is 4.74 Å². The van der Waals surface area contributed by atoms with Gasteiger partial charge in [0.25, 0.3) is 0 Å². The van der Waals surface area contributed by atoms with Gasteiger partial charge in [-0.1, -0.05) is 34.6 Å². The summed E-state index contributed by atoms with van der Waals surface area (Å²) in [6.07, 6.45) is -0.103. The molecule has 0 saturated heterocycles. The molecule has 114 valence electrons. The molecular weight excluding hydrogens is 365 g/mol. The third-order valence-corrected chi connectivity index (χ3v) is 4.10. The minimum Gasteiger partial charge on any atom is -0.372 e. The number of halogens is 1. The van der Waals surface area contributed by atoms with Crippen molar-refractivity contribution in [3.63, 3.8) is 0 Å². The monoisotopic (exact) mass is 391 g/mol. The van der Waals surface area contributed by atoms with Crippen LogP contribution in [0.1, 0.15) is 65.1 Å². The summed E-state index contributed by atoms with van der Waals surface area (Å²) in [5.74, 6) is 2.01. The Bertz CT molecular complexity index is 455. The molecule has 1 rings (SSSR count). The van der Waals surface area contributed by atoms with Crippen molar-refractivity contribution in [1.29, 1.82) is 0 Å². The second kappa shape index (κ2) is 7.02. The maximum absolute atomic E-state index is 5.91. The maximum atomic E-state index is 5.91. The third kappa shape index (κ3) is 4.04. The number of ether oxygens (including phenoxy) is 1. The second-order valence-electron chi connectivity index (χ2n) is 6.24. The number of rotatable bonds is 5. The van der Waals surface area contributed by atoms with Gasteiger partial charge in [-0.2, -0.15) is 0 Å². The lowest BCUT2D eigenvalue weighted by Gasteiger charge is -2.30. The molecular formula is C15H26IN3O. The third-order valence-electron chi connectivity index (χ3n) is 3.03. The van der Waals surface area contributed by atoms with Gasteiger partial charge in [-0.05, 0) is 40.8 Å². The first-order valence-electron chi connectivity index (χ1n) is 7.09. The summed E-state index contributed by atoms with van der Waals surface area (Å²) in [5, 5.41) is 3.17. The highest BCUT2D eigenvalue weighted by Gasteiger charge is 2.31. The van der Waals surface area contributed by atoms with Crippen LogP contribution in [0.25, 0.3) is 0 Å². The topological polar surface area (TPSA) is 47.0 Å². The van der Waals surface area contributed by atoms with Crippen molar-refractivity contribution in [2.75, 3.05) is 19.0 Å². The molecule has 1 aromatic heterocycles. The normalized spacial score (nSPS) is 13.7. The zero-order valence-corrected chi connectivity index (χ0v) is 15.7. The molecule has 1 N–H and O–H groups in total. The van der Waals surface area contributed by atoms with E-state index in [0.29, 0.717) is 12.5 Å². The molecule has 0 saturated carbocycles. The Hall–Kier alpha value is -0.430. The standard InChI is InChI=1S/C15H26IN3O/c1-8-20-12(15(4,5)6)14-18-11(9(2)3)10(16)13(17-7)19-14/h9,12H,8H2,1-7H3,(H,17,18,19). The van der Waals surface area contributed by atoms with Crippen LogP contribution in [0.2, 0.25) is 0 Å². The molecule has 1 aromatic rings. The van der Waals surface area contributed by atoms with Gasteiger partial charge in [0.2, 0.25) is 0 Å². The minimum atomic E-state index is -0.103. The summed E-state index contributed by atoms with van der Waals surface area (Å²) in [4.78, 5) is 9.45. The van der Waals surface area contributed by atoms with Crippen molar-refractivity contribution in [1.82, 2.24) is 9.97 Å². The van der Waals surface area contributed by atoms with Crippen LogP contribution < -0.4 is 5.32 Å². The van der Waals surface area contributed by atoms with Gasteiger partial charge in [0, 0.05) is 13.7 Å². The Balaban J connectivity index is 3.39. The maximum Gasteiger partial charge on any atom is 0.160 e. The molecule has 0 aliphatic rings. The molecule has 0 radical (unpaired) electrons. The van der Waals surface area contributed by atoms with Gasteiger partial charge in [0.15, 0.2) is 5.82 Å². The van der Waals surface area contributed by atoms with Gasteiger partial charge in [0.1, 0.15) is 11.9 Å². The van der Waals surface area contributed by atoms with Crippen LogP contribution in [0, 0.1) is 8.99 Å². The Morgan fingerprint density at radius 1 is 1.25 bits per heavy atom. The summed E-state index contributed by atoms with van der Waals surface area (Å²) in [6, 6.07) is 0. The molecule has 1 atom stereocenters. The van der Waals surface area contributed by atoms with Crippen LogP contribution in [-0.2, 0) is 4.74 Å². The van der Waals surface area contributed by atoms with E-state index in [-0.39, 0.29) is 11.5 Å². The van der Waals surface area contributed by atoms with Gasteiger partial charge in [-0.15, -0.1) is 0 Å². The van der Waals surface area contributed by atoms with Crippen LogP contribution in [-0.4, -0.2) is 23.6 Å². The predicted octanol–water partition coefficient (Wildman–Crippen LogP) is 4.37. The average Bonchev–Trinajstić information content (AvgIpc) is 2.34. The molecule has 0 amide bonds. The summed E-state index contributed by atoms with van der Waals surface area (Å²) in [7, 11) is 1.89. The first-order chi connectivity index (χ1) is 9.22. The summed E-state index contributed by atoms with van der Waals surface area (Å²) in [6.45, 7) is 13.4. The molecule has 0 aliphatic heterocycles. The first-order valence-corrected chi connectivity index (χ1v) is 8.16. The van der Waals surface area contributed by atoms with E-state index in [0.717, 1.165) is 20.9 Å². The smallest absolute Gasteiger partial charge is 0.160 e. The van der Waals surface area contributed by atoms with Crippen molar-refractivity contribution >= 4 is 28.4 Å². The number of anilines is 1. The Morgan fingerprint density at radius 2 is 1.85 bits per heavy atom. The Labute approximate surface area is 136 Å². The average molecular weight is 391 g/mol. The number of nitrogens with zero attached hydrogens (tertiary/aromatic N) is 2. The predicted molar refractivity (Wildman–Crippen MR) is 92.2 cm³/mol. The SMILES string of the molecule is CCOC(c1nc(NC)c(I)c(C(C)C)n1)C(C)(C)C. The molecule has 1 heterocycles. The first kappa shape index (κ1) is 17.6. The van der Waals surface area contributed by atoms with Crippen molar-refractivity contribution in [3.05, 3.63) is 15.1 Å². The number of aromatic nitrogens is 2. The quantitative estimate of drug-likeness (QED) is 0.758. The van der Waals surface area contributed by atoms with E-state index in [1.54, 1.807) is 0 Å². The lowest BCUT2D eigenvalue weighted by molar-refractivity contribution is -0.0192. The fourth-order valence-electron chi connectivity index (χ4n) is 2.03. The van der Waals surface area contributed by atoms with Crippen LogP contribution in [0.3, 0.4) is 0 Å². The van der Waals surface area contributed by atoms with E-state index in [1.165, 1.54) is 0 Å². The summed E-state index contributed by atoms with van der Waals surface area (Å²) in [5.41, 5.74) is 1.04. The Kier molecular flexibility index (Phi) is 6.19. The van der Waals surface area contributed by atoms with Crippen molar-refractivity contribution in [2.45, 2.75) is 53.6 Å². The molecule has 0 aromatic carbocycles. The van der Waals surface area contributed by atoms with Gasteiger partial charge in [0.05, 0.1) is 9.26 Å². The highest BCUT2D eigenvalue weighted by molar-refractivity contribution is 14.1. The molecule has 5 heteroatoms. The highest BCUT2D eigenvalue weighted by Crippen LogP contribution is 2.36. The van der Waals surface area contributed by atoms with Gasteiger partial charge >= 0.3 is 0 Å². The van der Waals surface area contributed by atoms with Gasteiger partial charge in [-0.25, -0.2) is 9.97 Å². The Morgan fingerprint density at radius 3 is 2.25 bits per heavy atom. The van der Waals surface area contributed by atoms with Crippen LogP contribution >= 0.6 is 22.6 Å². The summed E-state index contributed by atoms with van der Waals surface area (Å²) >= 11 is 2.31. The lowest BCUT2D eigenvalue weighted by atomic mass is 9.88. The van der Waals surface area contributed by atoms with Gasteiger partial charge in [-0.3, -0.25) is 0 Å². The van der Waals surface area contributed by atoms with Gasteiger partial charge < -0.3 is 10.1 Å². The number of nitrogens with one attached hydrogen (secondary N) is 1. The van der Waals surface area contributed by atoms with Crippen LogP contribution in [0.5, 0.6) is 0 Å². The molecule has 0 bridgehead atoms. The minimum absolute atomic E-state index is 0.0396. The molecule has 0 aliphatic carbocycles. The van der Waals surface area contributed by atoms with E-state index in [2.05, 4.69) is 67.5 Å². The summed E-state index contributed by atoms with van der Waals surface area (Å²) < 4.78 is 7.00. The number of hydrogen-bond acceptors (Lipinski definition) is 4. The van der Waals surface area contributed by atoms with E-state index in [4.69, 9.17) is 9.72 Å². The van der Waals surface area contributed by atoms with E-state index >= 15 is 0 Å². The van der Waals surface area contributed by atoms with Crippen LogP contribution in [0.15, 0.2) is 0 Å². The molecule has 4 nitrogen and oxygen atoms in total. The molecule has 20 heavy (non-hydrogen) atoms. The van der Waals surface area contributed by atoms with Crippen LogP contribution in [0.4, 0.5) is 5.82 Å². The fraction of sp³-hybridized carbons (Fsp3) is 0.733.